The second-order valence-electron chi connectivity index (χ2n) is 7.09. The molecule has 1 N–H and O–H groups in total. The predicted octanol–water partition coefficient (Wildman–Crippen LogP) is 3.56. The summed E-state index contributed by atoms with van der Waals surface area (Å²) in [7, 11) is 0. The summed E-state index contributed by atoms with van der Waals surface area (Å²) in [6.45, 7) is 4.20. The number of nitrogens with zero attached hydrogens (tertiary/aromatic N) is 2. The molecule has 0 aromatic carbocycles. The van der Waals surface area contributed by atoms with Crippen LogP contribution in [0.5, 0.6) is 5.75 Å². The van der Waals surface area contributed by atoms with Crippen molar-refractivity contribution in [2.75, 3.05) is 0 Å². The van der Waals surface area contributed by atoms with E-state index >= 15 is 0 Å². The predicted molar refractivity (Wildman–Crippen MR) is 82.3 cm³/mol. The molecule has 0 radical (unpaired) electrons. The fourth-order valence-corrected chi connectivity index (χ4v) is 3.54. The Morgan fingerprint density at radius 2 is 1.90 bits per heavy atom. The molecular weight excluding hydrogens is 264 g/mol. The van der Waals surface area contributed by atoms with Gasteiger partial charge in [-0.1, -0.05) is 19.3 Å². The van der Waals surface area contributed by atoms with E-state index in [4.69, 9.17) is 4.74 Å². The van der Waals surface area contributed by atoms with Crippen molar-refractivity contribution in [1.29, 1.82) is 0 Å². The van der Waals surface area contributed by atoms with Crippen LogP contribution in [0.15, 0.2) is 12.4 Å². The third-order valence-electron chi connectivity index (χ3n) is 5.03. The first kappa shape index (κ1) is 14.9. The average molecular weight is 292 g/mol. The van der Waals surface area contributed by atoms with Crippen LogP contribution in [-0.2, 0) is 0 Å². The molecule has 1 heterocycles. The molecule has 1 aromatic heterocycles. The topological polar surface area (TPSA) is 47.3 Å². The van der Waals surface area contributed by atoms with Crippen LogP contribution in [0.3, 0.4) is 0 Å². The zero-order valence-electron chi connectivity index (χ0n) is 13.2. The molecule has 2 saturated carbocycles. The highest BCUT2D eigenvalue weighted by molar-refractivity contribution is 5.13. The minimum atomic E-state index is -0.345. The quantitative estimate of drug-likeness (QED) is 0.926. The maximum atomic E-state index is 10.4. The molecule has 4 atom stereocenters. The highest BCUT2D eigenvalue weighted by Gasteiger charge is 2.37. The van der Waals surface area contributed by atoms with Gasteiger partial charge in [-0.05, 0) is 51.4 Å². The van der Waals surface area contributed by atoms with E-state index in [1.165, 1.54) is 25.7 Å². The highest BCUT2D eigenvalue weighted by atomic mass is 16.5. The molecule has 118 valence electrons. The SMILES string of the molecule is CC(C)n1cc(OC2CCCC3CC3CCCC2O)cn1. The molecule has 2 aliphatic carbocycles. The molecular formula is C17H28N2O2. The molecule has 3 rings (SSSR count). The summed E-state index contributed by atoms with van der Waals surface area (Å²) in [5.41, 5.74) is 0. The van der Waals surface area contributed by atoms with Gasteiger partial charge in [0.1, 0.15) is 6.10 Å². The van der Waals surface area contributed by atoms with Crippen molar-refractivity contribution in [3.63, 3.8) is 0 Å². The smallest absolute Gasteiger partial charge is 0.157 e. The molecule has 4 heteroatoms. The first-order valence-corrected chi connectivity index (χ1v) is 8.52. The van der Waals surface area contributed by atoms with E-state index in [-0.39, 0.29) is 12.2 Å². The molecule has 2 aliphatic rings. The van der Waals surface area contributed by atoms with Crippen LogP contribution in [-0.4, -0.2) is 27.1 Å². The third-order valence-corrected chi connectivity index (χ3v) is 5.03. The van der Waals surface area contributed by atoms with Gasteiger partial charge in [-0.15, -0.1) is 0 Å². The lowest BCUT2D eigenvalue weighted by Gasteiger charge is -2.24. The Labute approximate surface area is 127 Å². The largest absolute Gasteiger partial charge is 0.484 e. The second-order valence-corrected chi connectivity index (χ2v) is 7.09. The molecule has 0 bridgehead atoms. The van der Waals surface area contributed by atoms with Crippen LogP contribution in [0, 0.1) is 11.8 Å². The molecule has 1 aromatic rings. The lowest BCUT2D eigenvalue weighted by molar-refractivity contribution is 0.0216. The lowest BCUT2D eigenvalue weighted by Crippen LogP contribution is -2.32. The first-order chi connectivity index (χ1) is 10.1. The van der Waals surface area contributed by atoms with Crippen molar-refractivity contribution >= 4 is 0 Å². The Bertz CT molecular complexity index is 457. The molecule has 0 aliphatic heterocycles. The van der Waals surface area contributed by atoms with Gasteiger partial charge in [0, 0.05) is 6.04 Å². The van der Waals surface area contributed by atoms with Crippen molar-refractivity contribution < 1.29 is 9.84 Å². The monoisotopic (exact) mass is 292 g/mol. The fraction of sp³-hybridized carbons (Fsp3) is 0.824. The summed E-state index contributed by atoms with van der Waals surface area (Å²) < 4.78 is 7.95. The molecule has 0 spiro atoms. The van der Waals surface area contributed by atoms with E-state index in [0.717, 1.165) is 36.8 Å². The van der Waals surface area contributed by atoms with Crippen molar-refractivity contribution in [2.24, 2.45) is 11.8 Å². The normalized spacial score (nSPS) is 33.5. The Morgan fingerprint density at radius 1 is 1.19 bits per heavy atom. The van der Waals surface area contributed by atoms with Gasteiger partial charge in [0.05, 0.1) is 18.5 Å². The second kappa shape index (κ2) is 6.39. The molecule has 4 nitrogen and oxygen atoms in total. The molecule has 4 unspecified atom stereocenters. The van der Waals surface area contributed by atoms with E-state index < -0.39 is 0 Å². The van der Waals surface area contributed by atoms with Gasteiger partial charge in [0.25, 0.3) is 0 Å². The van der Waals surface area contributed by atoms with Crippen LogP contribution in [0.1, 0.15) is 64.8 Å². The number of hydrogen-bond acceptors (Lipinski definition) is 3. The summed E-state index contributed by atoms with van der Waals surface area (Å²) in [5, 5.41) is 14.7. The van der Waals surface area contributed by atoms with Crippen LogP contribution >= 0.6 is 0 Å². The number of rotatable bonds is 3. The maximum absolute atomic E-state index is 10.4. The minimum Gasteiger partial charge on any atom is -0.484 e. The van der Waals surface area contributed by atoms with Crippen LogP contribution in [0.4, 0.5) is 0 Å². The number of aliphatic hydroxyl groups excluding tert-OH is 1. The summed E-state index contributed by atoms with van der Waals surface area (Å²) in [6, 6.07) is 0.336. The molecule has 0 amide bonds. The van der Waals surface area contributed by atoms with E-state index in [9.17, 15) is 5.11 Å². The third kappa shape index (κ3) is 3.79. The number of hydrogen-bond donors (Lipinski definition) is 1. The van der Waals surface area contributed by atoms with Gasteiger partial charge in [0.15, 0.2) is 5.75 Å². The zero-order chi connectivity index (χ0) is 14.8. The van der Waals surface area contributed by atoms with Gasteiger partial charge in [0.2, 0.25) is 0 Å². The van der Waals surface area contributed by atoms with Gasteiger partial charge in [-0.2, -0.15) is 5.10 Å². The van der Waals surface area contributed by atoms with Crippen LogP contribution in [0.2, 0.25) is 0 Å². The summed E-state index contributed by atoms with van der Waals surface area (Å²) in [4.78, 5) is 0. The van der Waals surface area contributed by atoms with E-state index in [1.807, 2.05) is 10.9 Å². The number of ether oxygens (including phenoxy) is 1. The summed E-state index contributed by atoms with van der Waals surface area (Å²) in [5.74, 6) is 2.71. The van der Waals surface area contributed by atoms with Gasteiger partial charge in [-0.25, -0.2) is 0 Å². The summed E-state index contributed by atoms with van der Waals surface area (Å²) in [6.07, 6.45) is 11.4. The van der Waals surface area contributed by atoms with Crippen molar-refractivity contribution in [3.05, 3.63) is 12.4 Å². The van der Waals surface area contributed by atoms with Crippen molar-refractivity contribution in [3.8, 4) is 5.75 Å². The number of fused-ring (bicyclic) bond motifs is 1. The van der Waals surface area contributed by atoms with Crippen molar-refractivity contribution in [1.82, 2.24) is 9.78 Å². The Hall–Kier alpha value is -1.03. The molecule has 0 saturated heterocycles. The van der Waals surface area contributed by atoms with Gasteiger partial charge in [-0.3, -0.25) is 4.68 Å². The Balaban J connectivity index is 1.60. The maximum Gasteiger partial charge on any atom is 0.157 e. The Morgan fingerprint density at radius 3 is 2.57 bits per heavy atom. The first-order valence-electron chi connectivity index (χ1n) is 8.52. The lowest BCUT2D eigenvalue weighted by atomic mass is 9.97. The Kier molecular flexibility index (Phi) is 4.53. The van der Waals surface area contributed by atoms with Crippen LogP contribution in [0.25, 0.3) is 0 Å². The van der Waals surface area contributed by atoms with E-state index in [1.54, 1.807) is 6.20 Å². The fourth-order valence-electron chi connectivity index (χ4n) is 3.54. The van der Waals surface area contributed by atoms with Crippen LogP contribution < -0.4 is 4.74 Å². The average Bonchev–Trinajstić information content (AvgIpc) is 3.01. The minimum absolute atomic E-state index is 0.0786. The standard InChI is InChI=1S/C17H28N2O2/c1-12(2)19-11-15(10-18-19)21-17-8-4-6-14-9-13(14)5-3-7-16(17)20/h10-14,16-17,20H,3-9H2,1-2H3. The van der Waals surface area contributed by atoms with Crippen molar-refractivity contribution in [2.45, 2.75) is 77.0 Å². The van der Waals surface area contributed by atoms with E-state index in [2.05, 4.69) is 18.9 Å². The molecule has 2 fully saturated rings. The highest BCUT2D eigenvalue weighted by Crippen LogP contribution is 2.46. The number of aliphatic hydroxyl groups is 1. The number of aromatic nitrogens is 2. The van der Waals surface area contributed by atoms with E-state index in [0.29, 0.717) is 6.04 Å². The summed E-state index contributed by atoms with van der Waals surface area (Å²) >= 11 is 0. The van der Waals surface area contributed by atoms with Gasteiger partial charge < -0.3 is 9.84 Å². The van der Waals surface area contributed by atoms with Gasteiger partial charge >= 0.3 is 0 Å². The zero-order valence-corrected chi connectivity index (χ0v) is 13.2. The molecule has 21 heavy (non-hydrogen) atoms.